The molecule has 3 aromatic carbocycles. The second-order valence-electron chi connectivity index (χ2n) is 8.59. The Morgan fingerprint density at radius 2 is 1.62 bits per heavy atom. The number of anilines is 1. The summed E-state index contributed by atoms with van der Waals surface area (Å²) in [6, 6.07) is 18.6. The molecule has 0 aliphatic carbocycles. The highest BCUT2D eigenvalue weighted by Gasteiger charge is 2.44. The van der Waals surface area contributed by atoms with Gasteiger partial charge in [0.25, 0.3) is 5.91 Å². The second kappa shape index (κ2) is 11.8. The molecule has 1 atom stereocenters. The van der Waals surface area contributed by atoms with Gasteiger partial charge in [0.1, 0.15) is 6.04 Å². The molecule has 192 valence electrons. The van der Waals surface area contributed by atoms with Crippen LogP contribution in [0.2, 0.25) is 5.02 Å². The topological polar surface area (TPSA) is 76.2 Å². The summed E-state index contributed by atoms with van der Waals surface area (Å²) in [6.07, 6.45) is 0.468. The van der Waals surface area contributed by atoms with Gasteiger partial charge in [0.2, 0.25) is 11.8 Å². The molecule has 1 fully saturated rings. The van der Waals surface area contributed by atoms with Crippen molar-refractivity contribution in [3.05, 3.63) is 87.4 Å². The van der Waals surface area contributed by atoms with Crippen molar-refractivity contribution in [2.24, 2.45) is 0 Å². The van der Waals surface area contributed by atoms with Crippen molar-refractivity contribution in [2.75, 3.05) is 25.7 Å². The smallest absolute Gasteiger partial charge is 0.257 e. The fraction of sp³-hybridized carbons (Fsp3) is 0.250. The summed E-state index contributed by atoms with van der Waals surface area (Å²) in [5, 5.41) is 0.572. The third kappa shape index (κ3) is 6.14. The summed E-state index contributed by atoms with van der Waals surface area (Å²) in [5.74, 6) is 0.180. The molecule has 0 aromatic heterocycles. The predicted octanol–water partition coefficient (Wildman–Crippen LogP) is 5.07. The van der Waals surface area contributed by atoms with Crippen molar-refractivity contribution in [2.45, 2.75) is 25.3 Å². The van der Waals surface area contributed by atoms with Crippen molar-refractivity contribution in [1.82, 2.24) is 4.90 Å². The molecule has 1 aliphatic rings. The van der Waals surface area contributed by atoms with Crippen LogP contribution in [-0.4, -0.2) is 49.4 Å². The number of benzene rings is 3. The van der Waals surface area contributed by atoms with Crippen LogP contribution in [-0.2, 0) is 27.2 Å². The zero-order chi connectivity index (χ0) is 26.5. The Bertz CT molecular complexity index is 1300. The van der Waals surface area contributed by atoms with Crippen LogP contribution >= 0.6 is 27.5 Å². The maximum Gasteiger partial charge on any atom is 0.257 e. The lowest BCUT2D eigenvalue weighted by molar-refractivity contribution is -0.137. The number of carbonyl (C=O) groups is 3. The zero-order valence-corrected chi connectivity index (χ0v) is 22.8. The van der Waals surface area contributed by atoms with Crippen molar-refractivity contribution in [3.63, 3.8) is 0 Å². The molecule has 1 aliphatic heterocycles. The molecule has 3 amide bonds. The molecule has 0 bridgehead atoms. The summed E-state index contributed by atoms with van der Waals surface area (Å²) in [4.78, 5) is 42.6. The molecule has 1 unspecified atom stereocenters. The Labute approximate surface area is 229 Å². The van der Waals surface area contributed by atoms with Gasteiger partial charge in [-0.25, -0.2) is 4.90 Å². The number of halogens is 2. The van der Waals surface area contributed by atoms with Crippen LogP contribution in [0.3, 0.4) is 0 Å². The monoisotopic (exact) mass is 584 g/mol. The number of nitrogens with zero attached hydrogens (tertiary/aromatic N) is 2. The van der Waals surface area contributed by atoms with Crippen LogP contribution in [0, 0.1) is 0 Å². The first-order valence-corrected chi connectivity index (χ1v) is 12.8. The lowest BCUT2D eigenvalue weighted by Gasteiger charge is -2.28. The van der Waals surface area contributed by atoms with E-state index < -0.39 is 11.9 Å². The van der Waals surface area contributed by atoms with Gasteiger partial charge in [-0.05, 0) is 66.1 Å². The van der Waals surface area contributed by atoms with Gasteiger partial charge in [-0.2, -0.15) is 0 Å². The number of ether oxygens (including phenoxy) is 2. The first-order chi connectivity index (χ1) is 17.8. The Kier molecular flexibility index (Phi) is 8.51. The first-order valence-electron chi connectivity index (χ1n) is 11.7. The van der Waals surface area contributed by atoms with Gasteiger partial charge in [-0.15, -0.1) is 0 Å². The average Bonchev–Trinajstić information content (AvgIpc) is 3.19. The molecule has 9 heteroatoms. The number of methoxy groups -OCH3 is 2. The third-order valence-electron chi connectivity index (χ3n) is 6.26. The second-order valence-corrected chi connectivity index (χ2v) is 9.95. The SMILES string of the molecule is COc1ccc(CCN(C(=O)Cc2ccc(Cl)cc2)C2CC(=O)N(c3ccc(Br)cc3)C2=O)cc1OC. The fourth-order valence-corrected chi connectivity index (χ4v) is 4.73. The summed E-state index contributed by atoms with van der Waals surface area (Å²) in [7, 11) is 3.12. The van der Waals surface area contributed by atoms with Gasteiger partial charge >= 0.3 is 0 Å². The van der Waals surface area contributed by atoms with Crippen molar-refractivity contribution in [3.8, 4) is 11.5 Å². The highest BCUT2D eigenvalue weighted by atomic mass is 79.9. The summed E-state index contributed by atoms with van der Waals surface area (Å²) in [6.45, 7) is 0.250. The van der Waals surface area contributed by atoms with E-state index in [2.05, 4.69) is 15.9 Å². The number of hydrogen-bond acceptors (Lipinski definition) is 5. The maximum absolute atomic E-state index is 13.5. The number of imide groups is 1. The molecule has 1 saturated heterocycles. The normalized spacial score (nSPS) is 15.1. The molecule has 1 heterocycles. The largest absolute Gasteiger partial charge is 0.493 e. The van der Waals surface area contributed by atoms with Gasteiger partial charge in [0, 0.05) is 16.0 Å². The van der Waals surface area contributed by atoms with E-state index in [4.69, 9.17) is 21.1 Å². The van der Waals surface area contributed by atoms with Gasteiger partial charge in [-0.3, -0.25) is 14.4 Å². The molecule has 0 saturated carbocycles. The van der Waals surface area contributed by atoms with Crippen molar-refractivity contribution >= 4 is 50.9 Å². The van der Waals surface area contributed by atoms with Crippen LogP contribution < -0.4 is 14.4 Å². The average molecular weight is 586 g/mol. The molecule has 37 heavy (non-hydrogen) atoms. The number of amides is 3. The quantitative estimate of drug-likeness (QED) is 0.328. The summed E-state index contributed by atoms with van der Waals surface area (Å²) >= 11 is 9.36. The van der Waals surface area contributed by atoms with E-state index in [0.717, 1.165) is 20.5 Å². The number of hydrogen-bond donors (Lipinski definition) is 0. The van der Waals surface area contributed by atoms with Crippen LogP contribution in [0.5, 0.6) is 11.5 Å². The Balaban J connectivity index is 1.59. The fourth-order valence-electron chi connectivity index (χ4n) is 4.34. The van der Waals surface area contributed by atoms with E-state index in [-0.39, 0.29) is 31.2 Å². The third-order valence-corrected chi connectivity index (χ3v) is 7.04. The Hall–Kier alpha value is -3.36. The van der Waals surface area contributed by atoms with Gasteiger partial charge in [0.15, 0.2) is 11.5 Å². The Morgan fingerprint density at radius 1 is 0.973 bits per heavy atom. The highest BCUT2D eigenvalue weighted by Crippen LogP contribution is 2.30. The van der Waals surface area contributed by atoms with E-state index in [1.54, 1.807) is 68.8 Å². The number of rotatable bonds is 9. The van der Waals surface area contributed by atoms with E-state index in [0.29, 0.717) is 28.6 Å². The van der Waals surface area contributed by atoms with Gasteiger partial charge in [0.05, 0.1) is 32.7 Å². The van der Waals surface area contributed by atoms with E-state index in [9.17, 15) is 14.4 Å². The van der Waals surface area contributed by atoms with Crippen LogP contribution in [0.1, 0.15) is 17.5 Å². The minimum Gasteiger partial charge on any atom is -0.493 e. The van der Waals surface area contributed by atoms with E-state index in [1.807, 2.05) is 12.1 Å². The predicted molar refractivity (Wildman–Crippen MR) is 145 cm³/mol. The summed E-state index contributed by atoms with van der Waals surface area (Å²) < 4.78 is 11.5. The molecular weight excluding hydrogens is 560 g/mol. The molecule has 0 N–H and O–H groups in total. The standard InChI is InChI=1S/C28H26BrClN2O5/c1-36-24-12-5-19(15-25(24)37-2)13-14-31(26(33)16-18-3-8-21(30)9-4-18)23-17-27(34)32(28(23)35)22-10-6-20(29)7-11-22/h3-12,15,23H,13-14,16-17H2,1-2H3. The molecule has 0 spiro atoms. The molecular formula is C28H26BrClN2O5. The van der Waals surface area contributed by atoms with Crippen molar-refractivity contribution in [1.29, 1.82) is 0 Å². The van der Waals surface area contributed by atoms with Crippen LogP contribution in [0.4, 0.5) is 5.69 Å². The van der Waals surface area contributed by atoms with Crippen LogP contribution in [0.25, 0.3) is 0 Å². The van der Waals surface area contributed by atoms with Gasteiger partial charge < -0.3 is 14.4 Å². The van der Waals surface area contributed by atoms with E-state index >= 15 is 0 Å². The Morgan fingerprint density at radius 3 is 2.27 bits per heavy atom. The minimum absolute atomic E-state index is 0.0762. The van der Waals surface area contributed by atoms with Gasteiger partial charge in [-0.1, -0.05) is 45.7 Å². The molecule has 3 aromatic rings. The molecule has 0 radical (unpaired) electrons. The number of carbonyl (C=O) groups excluding carboxylic acids is 3. The first kappa shape index (κ1) is 26.7. The lowest BCUT2D eigenvalue weighted by atomic mass is 10.1. The van der Waals surface area contributed by atoms with Crippen molar-refractivity contribution < 1.29 is 23.9 Å². The van der Waals surface area contributed by atoms with E-state index in [1.165, 1.54) is 4.90 Å². The zero-order valence-electron chi connectivity index (χ0n) is 20.4. The lowest BCUT2D eigenvalue weighted by Crippen LogP contribution is -2.47. The molecule has 4 rings (SSSR count). The highest BCUT2D eigenvalue weighted by molar-refractivity contribution is 9.10. The maximum atomic E-state index is 13.5. The summed E-state index contributed by atoms with van der Waals surface area (Å²) in [5.41, 5.74) is 2.15. The molecule has 7 nitrogen and oxygen atoms in total. The minimum atomic E-state index is -0.893. The van der Waals surface area contributed by atoms with Crippen LogP contribution in [0.15, 0.2) is 71.2 Å².